The van der Waals surface area contributed by atoms with E-state index in [2.05, 4.69) is 15.5 Å². The molecule has 7 heteroatoms. The molecule has 0 bridgehead atoms. The molecule has 118 valence electrons. The van der Waals surface area contributed by atoms with Crippen LogP contribution >= 0.6 is 23.2 Å². The van der Waals surface area contributed by atoms with Crippen LogP contribution in [-0.2, 0) is 16.2 Å². The van der Waals surface area contributed by atoms with Gasteiger partial charge in [-0.2, -0.15) is 0 Å². The van der Waals surface area contributed by atoms with Crippen molar-refractivity contribution in [3.05, 3.63) is 63.9 Å². The molecule has 0 spiro atoms. The fourth-order valence-electron chi connectivity index (χ4n) is 2.17. The number of pyridine rings is 1. The van der Waals surface area contributed by atoms with Gasteiger partial charge in [0.05, 0.1) is 15.8 Å². The van der Waals surface area contributed by atoms with E-state index >= 15 is 0 Å². The number of hydrogen-bond donors (Lipinski definition) is 1. The maximum absolute atomic E-state index is 12.1. The van der Waals surface area contributed by atoms with Gasteiger partial charge in [0, 0.05) is 30.9 Å². The van der Waals surface area contributed by atoms with E-state index in [1.807, 2.05) is 12.1 Å². The zero-order valence-corrected chi connectivity index (χ0v) is 13.5. The van der Waals surface area contributed by atoms with Crippen LogP contribution in [0.2, 0.25) is 10.0 Å². The van der Waals surface area contributed by atoms with Crippen molar-refractivity contribution in [3.8, 4) is 0 Å². The minimum absolute atomic E-state index is 0.215. The summed E-state index contributed by atoms with van der Waals surface area (Å²) >= 11 is 11.9. The van der Waals surface area contributed by atoms with Crippen LogP contribution in [0.25, 0.3) is 0 Å². The third kappa shape index (κ3) is 3.81. The third-order valence-corrected chi connectivity index (χ3v) is 4.14. The molecule has 0 fully saturated rings. The smallest absolute Gasteiger partial charge is 0.264 e. The summed E-state index contributed by atoms with van der Waals surface area (Å²) < 4.78 is 0. The number of rotatable bonds is 4. The molecule has 0 radical (unpaired) electrons. The highest BCUT2D eigenvalue weighted by molar-refractivity contribution is 6.42. The van der Waals surface area contributed by atoms with Crippen molar-refractivity contribution >= 4 is 34.8 Å². The Bertz CT molecular complexity index is 750. The van der Waals surface area contributed by atoms with E-state index in [4.69, 9.17) is 28.0 Å². The van der Waals surface area contributed by atoms with Gasteiger partial charge >= 0.3 is 0 Å². The molecule has 1 N–H and O–H groups in total. The topological polar surface area (TPSA) is 63.6 Å². The summed E-state index contributed by atoms with van der Waals surface area (Å²) in [5.74, 6) is -0.215. The highest BCUT2D eigenvalue weighted by Crippen LogP contribution is 2.25. The molecule has 0 saturated carbocycles. The van der Waals surface area contributed by atoms with E-state index in [9.17, 15) is 4.79 Å². The van der Waals surface area contributed by atoms with E-state index in [0.29, 0.717) is 28.7 Å². The average Bonchev–Trinajstić information content (AvgIpc) is 3.06. The molecule has 1 aliphatic heterocycles. The van der Waals surface area contributed by atoms with Crippen LogP contribution in [-0.4, -0.2) is 22.7 Å². The van der Waals surface area contributed by atoms with Gasteiger partial charge in [-0.3, -0.25) is 9.78 Å². The molecule has 5 nitrogen and oxygen atoms in total. The minimum atomic E-state index is -0.642. The zero-order valence-electron chi connectivity index (χ0n) is 12.0. The van der Waals surface area contributed by atoms with Crippen molar-refractivity contribution < 1.29 is 9.63 Å². The maximum atomic E-state index is 12.1. The number of carbonyl (C=O) groups excluding carboxylic acids is 1. The van der Waals surface area contributed by atoms with Crippen LogP contribution in [0.5, 0.6) is 0 Å². The number of aromatic nitrogens is 1. The van der Waals surface area contributed by atoms with Crippen LogP contribution in [0.3, 0.4) is 0 Å². The Morgan fingerprint density at radius 1 is 1.30 bits per heavy atom. The van der Waals surface area contributed by atoms with E-state index in [1.165, 1.54) is 0 Å². The first kappa shape index (κ1) is 15.8. The van der Waals surface area contributed by atoms with Gasteiger partial charge in [-0.1, -0.05) is 40.5 Å². The number of hydrogen-bond acceptors (Lipinski definition) is 4. The van der Waals surface area contributed by atoms with Crippen molar-refractivity contribution in [2.45, 2.75) is 19.1 Å². The number of oxime groups is 1. The first-order chi connectivity index (χ1) is 11.1. The Kier molecular flexibility index (Phi) is 4.79. The zero-order chi connectivity index (χ0) is 16.2. The molecule has 1 amide bonds. The van der Waals surface area contributed by atoms with E-state index in [-0.39, 0.29) is 5.91 Å². The summed E-state index contributed by atoms with van der Waals surface area (Å²) in [6.07, 6.45) is 3.13. The van der Waals surface area contributed by atoms with Gasteiger partial charge in [-0.25, -0.2) is 0 Å². The van der Waals surface area contributed by atoms with Gasteiger partial charge in [-0.15, -0.1) is 0 Å². The molecule has 1 atom stereocenters. The largest absolute Gasteiger partial charge is 0.382 e. The second-order valence-electron chi connectivity index (χ2n) is 5.04. The molecule has 0 unspecified atom stereocenters. The van der Waals surface area contributed by atoms with Gasteiger partial charge < -0.3 is 10.2 Å². The van der Waals surface area contributed by atoms with E-state index in [1.54, 1.807) is 30.6 Å². The van der Waals surface area contributed by atoms with Crippen molar-refractivity contribution in [1.82, 2.24) is 10.3 Å². The number of benzene rings is 1. The molecule has 2 aromatic rings. The van der Waals surface area contributed by atoms with Crippen LogP contribution in [0, 0.1) is 0 Å². The molecule has 0 saturated heterocycles. The number of carbonyl (C=O) groups is 1. The first-order valence-corrected chi connectivity index (χ1v) is 7.74. The highest BCUT2D eigenvalue weighted by atomic mass is 35.5. The lowest BCUT2D eigenvalue weighted by Crippen LogP contribution is -2.34. The molecule has 1 aromatic carbocycles. The molecule has 1 aliphatic rings. The SMILES string of the molecule is O=C(NCc1cccnc1)[C@@H]1CC(c2ccc(Cl)c(Cl)c2)=NO1. The molecule has 1 aromatic heterocycles. The summed E-state index contributed by atoms with van der Waals surface area (Å²) in [4.78, 5) is 21.4. The van der Waals surface area contributed by atoms with Crippen molar-refractivity contribution in [2.75, 3.05) is 0 Å². The molecular formula is C16H13Cl2N3O2. The third-order valence-electron chi connectivity index (χ3n) is 3.40. The van der Waals surface area contributed by atoms with Gasteiger partial charge in [0.2, 0.25) is 6.10 Å². The Labute approximate surface area is 143 Å². The van der Waals surface area contributed by atoms with Gasteiger partial charge in [0.15, 0.2) is 0 Å². The number of nitrogens with one attached hydrogen (secondary N) is 1. The lowest BCUT2D eigenvalue weighted by atomic mass is 10.0. The standard InChI is InChI=1S/C16H13Cl2N3O2/c17-12-4-3-11(6-13(12)18)14-7-15(23-21-14)16(22)20-9-10-2-1-5-19-8-10/h1-6,8,15H,7,9H2,(H,20,22)/t15-/m0/s1. The van der Waals surface area contributed by atoms with Crippen molar-refractivity contribution in [2.24, 2.45) is 5.16 Å². The summed E-state index contributed by atoms with van der Waals surface area (Å²) in [5, 5.41) is 7.70. The average molecular weight is 350 g/mol. The van der Waals surface area contributed by atoms with Gasteiger partial charge in [0.25, 0.3) is 5.91 Å². The summed E-state index contributed by atoms with van der Waals surface area (Å²) in [6.45, 7) is 0.397. The molecule has 2 heterocycles. The van der Waals surface area contributed by atoms with Crippen LogP contribution in [0.1, 0.15) is 17.5 Å². The Hall–Kier alpha value is -2.11. The van der Waals surface area contributed by atoms with E-state index in [0.717, 1.165) is 11.1 Å². The normalized spacial score (nSPS) is 16.6. The van der Waals surface area contributed by atoms with Crippen LogP contribution < -0.4 is 5.32 Å². The quantitative estimate of drug-likeness (QED) is 0.921. The Balaban J connectivity index is 1.58. The number of halogens is 2. The van der Waals surface area contributed by atoms with Crippen LogP contribution in [0.4, 0.5) is 0 Å². The van der Waals surface area contributed by atoms with Gasteiger partial charge in [0.1, 0.15) is 0 Å². The fourth-order valence-corrected chi connectivity index (χ4v) is 2.47. The minimum Gasteiger partial charge on any atom is -0.382 e. The van der Waals surface area contributed by atoms with Gasteiger partial charge in [-0.05, 0) is 23.8 Å². The lowest BCUT2D eigenvalue weighted by molar-refractivity contribution is -0.131. The predicted octanol–water partition coefficient (Wildman–Crippen LogP) is 3.20. The molecule has 0 aliphatic carbocycles. The summed E-state index contributed by atoms with van der Waals surface area (Å²) in [7, 11) is 0. The Morgan fingerprint density at radius 2 is 2.17 bits per heavy atom. The fraction of sp³-hybridized carbons (Fsp3) is 0.188. The predicted molar refractivity (Wildman–Crippen MR) is 88.6 cm³/mol. The summed E-state index contributed by atoms with van der Waals surface area (Å²) in [6, 6.07) is 8.91. The Morgan fingerprint density at radius 3 is 2.91 bits per heavy atom. The van der Waals surface area contributed by atoms with E-state index < -0.39 is 6.10 Å². The first-order valence-electron chi connectivity index (χ1n) is 6.98. The molecule has 23 heavy (non-hydrogen) atoms. The monoisotopic (exact) mass is 349 g/mol. The second-order valence-corrected chi connectivity index (χ2v) is 5.86. The van der Waals surface area contributed by atoms with Crippen LogP contribution in [0.15, 0.2) is 47.9 Å². The van der Waals surface area contributed by atoms with Crippen molar-refractivity contribution in [3.63, 3.8) is 0 Å². The summed E-state index contributed by atoms with van der Waals surface area (Å²) in [5.41, 5.74) is 2.39. The molecule has 3 rings (SSSR count). The lowest BCUT2D eigenvalue weighted by Gasteiger charge is -2.09. The number of nitrogens with zero attached hydrogens (tertiary/aromatic N) is 2. The number of amides is 1. The van der Waals surface area contributed by atoms with Crippen molar-refractivity contribution in [1.29, 1.82) is 0 Å². The maximum Gasteiger partial charge on any atom is 0.264 e. The molecular weight excluding hydrogens is 337 g/mol. The highest BCUT2D eigenvalue weighted by Gasteiger charge is 2.28. The second kappa shape index (κ2) is 6.98.